The number of fused-ring (bicyclic) bond motifs is 1. The molecule has 3 rings (SSSR count). The summed E-state index contributed by atoms with van der Waals surface area (Å²) in [6.07, 6.45) is 5.85. The number of amides is 2. The summed E-state index contributed by atoms with van der Waals surface area (Å²) in [4.78, 5) is 31.8. The Morgan fingerprint density at radius 1 is 1.38 bits per heavy atom. The van der Waals surface area contributed by atoms with E-state index in [0.29, 0.717) is 17.2 Å². The van der Waals surface area contributed by atoms with Gasteiger partial charge in [-0.3, -0.25) is 14.5 Å². The average Bonchev–Trinajstić information content (AvgIpc) is 3.13. The lowest BCUT2D eigenvalue weighted by atomic mass is 10.0. The second-order valence-electron chi connectivity index (χ2n) is 6.52. The predicted octanol–water partition coefficient (Wildman–Crippen LogP) is 3.38. The summed E-state index contributed by atoms with van der Waals surface area (Å²) in [7, 11) is 1.42. The topological polar surface area (TPSA) is 94.8 Å². The van der Waals surface area contributed by atoms with Gasteiger partial charge in [-0.05, 0) is 37.8 Å². The van der Waals surface area contributed by atoms with Crippen molar-refractivity contribution in [2.75, 3.05) is 25.2 Å². The Balaban J connectivity index is 1.93. The minimum atomic E-state index is -0.645. The first kappa shape index (κ1) is 21.1. The molecule has 7 nitrogen and oxygen atoms in total. The lowest BCUT2D eigenvalue weighted by molar-refractivity contribution is -0.119. The van der Waals surface area contributed by atoms with Crippen LogP contribution in [0.2, 0.25) is 5.02 Å². The minimum absolute atomic E-state index is 0.144. The Hall–Kier alpha value is -2.58. The number of nitrogens with zero attached hydrogens (tertiary/aromatic N) is 2. The SMILES string of the molecule is C=CCN(C(=O)c1cc(Cl)c(OCC(N)=O)c(OC)c1)c1nc2c(s1)CCCC2. The molecule has 2 N–H and O–H groups in total. The maximum atomic E-state index is 13.3. The van der Waals surface area contributed by atoms with Crippen LogP contribution in [-0.2, 0) is 17.6 Å². The largest absolute Gasteiger partial charge is 0.493 e. The summed E-state index contributed by atoms with van der Waals surface area (Å²) in [5, 5.41) is 0.789. The summed E-state index contributed by atoms with van der Waals surface area (Å²) < 4.78 is 10.6. The number of aromatic nitrogens is 1. The summed E-state index contributed by atoms with van der Waals surface area (Å²) in [6.45, 7) is 3.72. The van der Waals surface area contributed by atoms with E-state index in [-0.39, 0.29) is 29.0 Å². The molecule has 0 radical (unpaired) electrons. The normalized spacial score (nSPS) is 12.8. The molecule has 0 spiro atoms. The molecule has 2 amide bonds. The van der Waals surface area contributed by atoms with Crippen LogP contribution in [0.25, 0.3) is 0 Å². The van der Waals surface area contributed by atoms with Crippen LogP contribution in [0.15, 0.2) is 24.8 Å². The Morgan fingerprint density at radius 3 is 2.79 bits per heavy atom. The molecule has 154 valence electrons. The molecule has 9 heteroatoms. The fraction of sp³-hybridized carbons (Fsp3) is 0.350. The number of methoxy groups -OCH3 is 1. The Kier molecular flexibility index (Phi) is 6.76. The Morgan fingerprint density at radius 2 is 2.14 bits per heavy atom. The first-order chi connectivity index (χ1) is 13.9. The molecule has 1 heterocycles. The van der Waals surface area contributed by atoms with Gasteiger partial charge in [0, 0.05) is 17.0 Å². The lowest BCUT2D eigenvalue weighted by Crippen LogP contribution is -2.31. The molecule has 1 aliphatic carbocycles. The highest BCUT2D eigenvalue weighted by molar-refractivity contribution is 7.16. The van der Waals surface area contributed by atoms with Crippen molar-refractivity contribution in [3.8, 4) is 11.5 Å². The van der Waals surface area contributed by atoms with Crippen LogP contribution in [0.3, 0.4) is 0 Å². The molecule has 29 heavy (non-hydrogen) atoms. The highest BCUT2D eigenvalue weighted by atomic mass is 35.5. The molecule has 1 aliphatic rings. The number of carbonyl (C=O) groups excluding carboxylic acids is 2. The first-order valence-electron chi connectivity index (χ1n) is 9.14. The van der Waals surface area contributed by atoms with Gasteiger partial charge in [0.1, 0.15) is 0 Å². The van der Waals surface area contributed by atoms with E-state index in [9.17, 15) is 9.59 Å². The van der Waals surface area contributed by atoms with Crippen molar-refractivity contribution in [1.82, 2.24) is 4.98 Å². The van der Waals surface area contributed by atoms with Crippen molar-refractivity contribution < 1.29 is 19.1 Å². The zero-order chi connectivity index (χ0) is 21.0. The van der Waals surface area contributed by atoms with E-state index in [4.69, 9.17) is 26.8 Å². The van der Waals surface area contributed by atoms with Crippen molar-refractivity contribution in [1.29, 1.82) is 0 Å². The Bertz CT molecular complexity index is 921. The van der Waals surface area contributed by atoms with Gasteiger partial charge >= 0.3 is 0 Å². The van der Waals surface area contributed by atoms with E-state index in [1.807, 2.05) is 0 Å². The quantitative estimate of drug-likeness (QED) is 0.641. The zero-order valence-corrected chi connectivity index (χ0v) is 17.6. The third-order valence-electron chi connectivity index (χ3n) is 4.46. The number of ether oxygens (including phenoxy) is 2. The number of nitrogens with two attached hydrogens (primary N) is 1. The van der Waals surface area contributed by atoms with Crippen LogP contribution < -0.4 is 20.1 Å². The second-order valence-corrected chi connectivity index (χ2v) is 7.99. The van der Waals surface area contributed by atoms with E-state index >= 15 is 0 Å². The van der Waals surface area contributed by atoms with Crippen LogP contribution >= 0.6 is 22.9 Å². The van der Waals surface area contributed by atoms with Crippen LogP contribution in [0.1, 0.15) is 33.8 Å². The third-order valence-corrected chi connectivity index (χ3v) is 5.92. The summed E-state index contributed by atoms with van der Waals surface area (Å²) in [6, 6.07) is 3.00. The van der Waals surface area contributed by atoms with Crippen molar-refractivity contribution >= 4 is 39.9 Å². The molecular weight excluding hydrogens is 414 g/mol. The molecule has 0 unspecified atom stereocenters. The van der Waals surface area contributed by atoms with Gasteiger partial charge in [-0.2, -0.15) is 0 Å². The Labute approximate surface area is 178 Å². The number of halogens is 1. The van der Waals surface area contributed by atoms with E-state index in [1.165, 1.54) is 24.1 Å². The molecule has 2 aromatic rings. The van der Waals surface area contributed by atoms with Gasteiger partial charge in [0.05, 0.1) is 17.8 Å². The molecule has 0 saturated carbocycles. The van der Waals surface area contributed by atoms with Gasteiger partial charge < -0.3 is 15.2 Å². The smallest absolute Gasteiger partial charge is 0.260 e. The lowest BCUT2D eigenvalue weighted by Gasteiger charge is -2.19. The minimum Gasteiger partial charge on any atom is -0.493 e. The van der Waals surface area contributed by atoms with Gasteiger partial charge in [-0.25, -0.2) is 4.98 Å². The number of anilines is 1. The molecule has 0 saturated heterocycles. The van der Waals surface area contributed by atoms with E-state index in [1.54, 1.807) is 22.3 Å². The predicted molar refractivity (Wildman–Crippen MR) is 113 cm³/mol. The maximum absolute atomic E-state index is 13.3. The summed E-state index contributed by atoms with van der Waals surface area (Å²) in [5.74, 6) is -0.533. The monoisotopic (exact) mass is 435 g/mol. The number of benzene rings is 1. The van der Waals surface area contributed by atoms with Gasteiger partial charge in [0.2, 0.25) is 0 Å². The molecule has 1 aromatic heterocycles. The van der Waals surface area contributed by atoms with Crippen molar-refractivity contribution in [2.45, 2.75) is 25.7 Å². The van der Waals surface area contributed by atoms with Crippen molar-refractivity contribution in [2.24, 2.45) is 5.73 Å². The number of hydrogen-bond donors (Lipinski definition) is 1. The number of thiazole rings is 1. The highest BCUT2D eigenvalue weighted by Gasteiger charge is 2.25. The van der Waals surface area contributed by atoms with E-state index in [0.717, 1.165) is 31.4 Å². The van der Waals surface area contributed by atoms with Crippen molar-refractivity contribution in [3.63, 3.8) is 0 Å². The molecule has 0 fully saturated rings. The number of carbonyl (C=O) groups is 2. The number of aryl methyl sites for hydroxylation is 2. The highest BCUT2D eigenvalue weighted by Crippen LogP contribution is 2.38. The average molecular weight is 436 g/mol. The second kappa shape index (κ2) is 9.28. The fourth-order valence-corrected chi connectivity index (χ4v) is 4.53. The van der Waals surface area contributed by atoms with Gasteiger partial charge in [-0.1, -0.05) is 17.7 Å². The van der Waals surface area contributed by atoms with Crippen molar-refractivity contribution in [3.05, 3.63) is 45.9 Å². The molecule has 1 aromatic carbocycles. The molecular formula is C20H22ClN3O4S. The molecule has 0 aliphatic heterocycles. The fourth-order valence-electron chi connectivity index (χ4n) is 3.11. The van der Waals surface area contributed by atoms with Gasteiger partial charge in [-0.15, -0.1) is 17.9 Å². The van der Waals surface area contributed by atoms with Gasteiger partial charge in [0.15, 0.2) is 23.2 Å². The van der Waals surface area contributed by atoms with E-state index in [2.05, 4.69) is 11.6 Å². The molecule has 0 atom stereocenters. The number of hydrogen-bond acceptors (Lipinski definition) is 6. The first-order valence-corrected chi connectivity index (χ1v) is 10.3. The van der Waals surface area contributed by atoms with E-state index < -0.39 is 5.91 Å². The third kappa shape index (κ3) is 4.71. The van der Waals surface area contributed by atoms with Crippen LogP contribution in [0.4, 0.5) is 5.13 Å². The van der Waals surface area contributed by atoms with Crippen LogP contribution in [-0.4, -0.2) is 37.1 Å². The van der Waals surface area contributed by atoms with Crippen LogP contribution in [0.5, 0.6) is 11.5 Å². The number of primary amides is 1. The van der Waals surface area contributed by atoms with Crippen LogP contribution in [0, 0.1) is 0 Å². The number of rotatable bonds is 8. The standard InChI is InChI=1S/C20H22ClN3O4S/c1-3-8-24(20-23-14-6-4-5-7-16(14)29-20)19(26)12-9-13(21)18(15(10-12)27-2)28-11-17(22)25/h3,9-10H,1,4-8,11H2,2H3,(H2,22,25). The summed E-state index contributed by atoms with van der Waals surface area (Å²) in [5.41, 5.74) is 6.50. The maximum Gasteiger partial charge on any atom is 0.260 e. The molecule has 0 bridgehead atoms. The zero-order valence-electron chi connectivity index (χ0n) is 16.1. The summed E-state index contributed by atoms with van der Waals surface area (Å²) >= 11 is 7.83. The van der Waals surface area contributed by atoms with Gasteiger partial charge in [0.25, 0.3) is 11.8 Å².